The highest BCUT2D eigenvalue weighted by Crippen LogP contribution is 2.57. The third-order valence-electron chi connectivity index (χ3n) is 6.63. The third kappa shape index (κ3) is 2.77. The van der Waals surface area contributed by atoms with Crippen molar-refractivity contribution < 1.29 is 5.11 Å². The first kappa shape index (κ1) is 15.1. The van der Waals surface area contributed by atoms with E-state index in [1.54, 1.807) is 5.57 Å². The van der Waals surface area contributed by atoms with Gasteiger partial charge in [0.05, 0.1) is 6.10 Å². The first-order valence-corrected chi connectivity index (χ1v) is 8.76. The zero-order valence-electron chi connectivity index (χ0n) is 13.7. The van der Waals surface area contributed by atoms with Gasteiger partial charge in [-0.05, 0) is 74.2 Å². The molecule has 3 rings (SSSR count). The molecule has 0 saturated heterocycles. The lowest BCUT2D eigenvalue weighted by Gasteiger charge is -2.41. The highest BCUT2D eigenvalue weighted by molar-refractivity contribution is 5.36. The van der Waals surface area contributed by atoms with Gasteiger partial charge in [-0.1, -0.05) is 43.7 Å². The second-order valence-corrected chi connectivity index (χ2v) is 7.82. The minimum absolute atomic E-state index is 0.164. The van der Waals surface area contributed by atoms with E-state index in [9.17, 15) is 5.11 Å². The summed E-state index contributed by atoms with van der Waals surface area (Å²) in [5, 5.41) is 9.86. The fourth-order valence-corrected chi connectivity index (χ4v) is 4.89. The minimum atomic E-state index is -0.164. The predicted molar refractivity (Wildman–Crippen MR) is 89.0 cm³/mol. The SMILES string of the molecule is C=C1CC[C@H](O)C/C1=C/C=C1\CCC[C@@]2(C)C1CC[C@@H]2C. The second-order valence-electron chi connectivity index (χ2n) is 7.82. The Morgan fingerprint density at radius 1 is 1.19 bits per heavy atom. The van der Waals surface area contributed by atoms with Gasteiger partial charge < -0.3 is 5.11 Å². The summed E-state index contributed by atoms with van der Waals surface area (Å²) < 4.78 is 0. The molecule has 1 nitrogen and oxygen atoms in total. The average Bonchev–Trinajstić information content (AvgIpc) is 2.76. The van der Waals surface area contributed by atoms with Crippen LogP contribution in [0.3, 0.4) is 0 Å². The van der Waals surface area contributed by atoms with Gasteiger partial charge in [-0.25, -0.2) is 0 Å². The van der Waals surface area contributed by atoms with Gasteiger partial charge in [-0.15, -0.1) is 0 Å². The molecule has 1 heteroatoms. The van der Waals surface area contributed by atoms with Crippen molar-refractivity contribution in [2.24, 2.45) is 17.3 Å². The Balaban J connectivity index is 1.81. The van der Waals surface area contributed by atoms with E-state index < -0.39 is 0 Å². The molecular weight excluding hydrogens is 256 g/mol. The van der Waals surface area contributed by atoms with Crippen LogP contribution in [-0.2, 0) is 0 Å². The maximum atomic E-state index is 9.86. The summed E-state index contributed by atoms with van der Waals surface area (Å²) in [6, 6.07) is 0. The summed E-state index contributed by atoms with van der Waals surface area (Å²) >= 11 is 0. The number of hydrogen-bond donors (Lipinski definition) is 1. The molecule has 3 fully saturated rings. The summed E-state index contributed by atoms with van der Waals surface area (Å²) in [5.41, 5.74) is 4.70. The number of hydrogen-bond acceptors (Lipinski definition) is 1. The number of allylic oxidation sites excluding steroid dienone is 4. The molecule has 4 atom stereocenters. The number of fused-ring (bicyclic) bond motifs is 1. The monoisotopic (exact) mass is 286 g/mol. The normalized spacial score (nSPS) is 44.3. The zero-order chi connectivity index (χ0) is 15.0. The van der Waals surface area contributed by atoms with Crippen LogP contribution in [0.1, 0.15) is 65.2 Å². The van der Waals surface area contributed by atoms with Crippen molar-refractivity contribution >= 4 is 0 Å². The van der Waals surface area contributed by atoms with Gasteiger partial charge in [-0.3, -0.25) is 0 Å². The molecule has 0 heterocycles. The summed E-state index contributed by atoms with van der Waals surface area (Å²) in [6.45, 7) is 9.14. The Kier molecular flexibility index (Phi) is 4.14. The quantitative estimate of drug-likeness (QED) is 0.704. The van der Waals surface area contributed by atoms with Crippen molar-refractivity contribution in [3.8, 4) is 0 Å². The minimum Gasteiger partial charge on any atom is -0.393 e. The summed E-state index contributed by atoms with van der Waals surface area (Å²) in [6.07, 6.45) is 13.9. The molecule has 0 spiro atoms. The topological polar surface area (TPSA) is 20.2 Å². The van der Waals surface area contributed by atoms with Crippen LogP contribution in [0, 0.1) is 17.3 Å². The summed E-state index contributed by atoms with van der Waals surface area (Å²) in [7, 11) is 0. The maximum absolute atomic E-state index is 9.86. The molecule has 116 valence electrons. The zero-order valence-corrected chi connectivity index (χ0v) is 13.7. The summed E-state index contributed by atoms with van der Waals surface area (Å²) in [5.74, 6) is 1.66. The van der Waals surface area contributed by atoms with Crippen LogP contribution in [-0.4, -0.2) is 11.2 Å². The fourth-order valence-electron chi connectivity index (χ4n) is 4.89. The van der Waals surface area contributed by atoms with Crippen molar-refractivity contribution in [3.05, 3.63) is 35.5 Å². The molecule has 0 aromatic heterocycles. The van der Waals surface area contributed by atoms with E-state index in [0.29, 0.717) is 5.41 Å². The second kappa shape index (κ2) is 5.76. The van der Waals surface area contributed by atoms with E-state index in [4.69, 9.17) is 0 Å². The Bertz CT molecular complexity index is 484. The van der Waals surface area contributed by atoms with Gasteiger partial charge in [0.1, 0.15) is 0 Å². The molecule has 0 bridgehead atoms. The number of aliphatic hydroxyl groups excluding tert-OH is 1. The van der Waals surface area contributed by atoms with Crippen LogP contribution in [0.15, 0.2) is 35.5 Å². The predicted octanol–water partition coefficient (Wildman–Crippen LogP) is 5.18. The van der Waals surface area contributed by atoms with Crippen LogP contribution in [0.2, 0.25) is 0 Å². The lowest BCUT2D eigenvalue weighted by Crippen LogP contribution is -2.31. The molecular formula is C20H30O. The average molecular weight is 286 g/mol. The highest BCUT2D eigenvalue weighted by Gasteiger charge is 2.46. The number of rotatable bonds is 1. The van der Waals surface area contributed by atoms with Crippen LogP contribution in [0.5, 0.6) is 0 Å². The van der Waals surface area contributed by atoms with Gasteiger partial charge in [0.2, 0.25) is 0 Å². The van der Waals surface area contributed by atoms with E-state index in [-0.39, 0.29) is 6.10 Å². The standard InChI is InChI=1S/C20H30O/c1-14-6-10-18(21)13-17(14)9-8-16-5-4-12-20(3)15(2)7-11-19(16)20/h8-9,15,18-19,21H,1,4-7,10-13H2,2-3H3/b16-8+,17-9-/t15-,18-,19?,20+/m0/s1. The summed E-state index contributed by atoms with van der Waals surface area (Å²) in [4.78, 5) is 0. The number of aliphatic hydroxyl groups is 1. The van der Waals surface area contributed by atoms with Crippen molar-refractivity contribution in [1.82, 2.24) is 0 Å². The van der Waals surface area contributed by atoms with Crippen molar-refractivity contribution in [2.45, 2.75) is 71.3 Å². The largest absolute Gasteiger partial charge is 0.393 e. The van der Waals surface area contributed by atoms with Gasteiger partial charge in [0.25, 0.3) is 0 Å². The van der Waals surface area contributed by atoms with Crippen LogP contribution < -0.4 is 0 Å². The van der Waals surface area contributed by atoms with Crippen molar-refractivity contribution in [2.75, 3.05) is 0 Å². The van der Waals surface area contributed by atoms with Crippen molar-refractivity contribution in [1.29, 1.82) is 0 Å². The van der Waals surface area contributed by atoms with E-state index in [1.807, 2.05) is 0 Å². The molecule has 0 radical (unpaired) electrons. The molecule has 1 N–H and O–H groups in total. The Morgan fingerprint density at radius 3 is 2.81 bits per heavy atom. The van der Waals surface area contributed by atoms with Crippen LogP contribution in [0.25, 0.3) is 0 Å². The molecule has 3 aliphatic rings. The smallest absolute Gasteiger partial charge is 0.0583 e. The van der Waals surface area contributed by atoms with E-state index in [1.165, 1.54) is 43.3 Å². The van der Waals surface area contributed by atoms with Gasteiger partial charge in [0.15, 0.2) is 0 Å². The van der Waals surface area contributed by atoms with E-state index in [2.05, 4.69) is 32.6 Å². The molecule has 1 unspecified atom stereocenters. The lowest BCUT2D eigenvalue weighted by atomic mass is 9.64. The molecule has 0 amide bonds. The van der Waals surface area contributed by atoms with E-state index >= 15 is 0 Å². The van der Waals surface area contributed by atoms with E-state index in [0.717, 1.165) is 31.1 Å². The van der Waals surface area contributed by atoms with Gasteiger partial charge in [-0.2, -0.15) is 0 Å². The lowest BCUT2D eigenvalue weighted by molar-refractivity contribution is 0.147. The van der Waals surface area contributed by atoms with Gasteiger partial charge >= 0.3 is 0 Å². The molecule has 21 heavy (non-hydrogen) atoms. The van der Waals surface area contributed by atoms with Crippen LogP contribution in [0.4, 0.5) is 0 Å². The van der Waals surface area contributed by atoms with Crippen LogP contribution >= 0.6 is 0 Å². The van der Waals surface area contributed by atoms with Gasteiger partial charge in [0, 0.05) is 0 Å². The molecule has 0 aromatic rings. The van der Waals surface area contributed by atoms with Crippen molar-refractivity contribution in [3.63, 3.8) is 0 Å². The Morgan fingerprint density at radius 2 is 2.00 bits per heavy atom. The maximum Gasteiger partial charge on any atom is 0.0583 e. The molecule has 0 aliphatic heterocycles. The Labute approximate surface area is 129 Å². The highest BCUT2D eigenvalue weighted by atomic mass is 16.3. The molecule has 3 aliphatic carbocycles. The first-order chi connectivity index (χ1) is 10.0. The fraction of sp³-hybridized carbons (Fsp3) is 0.700. The Hall–Kier alpha value is -0.820. The first-order valence-electron chi connectivity index (χ1n) is 8.76. The molecule has 0 aromatic carbocycles. The third-order valence-corrected chi connectivity index (χ3v) is 6.63. The molecule has 3 saturated carbocycles.